The first-order valence-electron chi connectivity index (χ1n) is 7.49. The number of hydrogen-bond acceptors (Lipinski definition) is 1. The maximum absolute atomic E-state index is 3.64. The summed E-state index contributed by atoms with van der Waals surface area (Å²) in [5, 5.41) is 3.64. The standard InChI is InChI=1S/C17H29N/c1-5-7-8-9-10-17(18-6-2)16-13-14(3)11-12-15(16)4/h11-13,17-18H,5-10H2,1-4H3. The van der Waals surface area contributed by atoms with Crippen molar-refractivity contribution in [3.8, 4) is 0 Å². The Labute approximate surface area is 113 Å². The van der Waals surface area contributed by atoms with E-state index in [1.165, 1.54) is 48.8 Å². The van der Waals surface area contributed by atoms with Crippen molar-refractivity contribution < 1.29 is 0 Å². The second kappa shape index (κ2) is 8.31. The van der Waals surface area contributed by atoms with Crippen LogP contribution >= 0.6 is 0 Å². The van der Waals surface area contributed by atoms with Gasteiger partial charge < -0.3 is 5.32 Å². The van der Waals surface area contributed by atoms with Crippen LogP contribution in [0.1, 0.15) is 68.7 Å². The van der Waals surface area contributed by atoms with E-state index in [4.69, 9.17) is 0 Å². The van der Waals surface area contributed by atoms with Gasteiger partial charge >= 0.3 is 0 Å². The van der Waals surface area contributed by atoms with Crippen molar-refractivity contribution in [1.82, 2.24) is 5.32 Å². The Morgan fingerprint density at radius 1 is 1.06 bits per heavy atom. The Kier molecular flexibility index (Phi) is 7.04. The van der Waals surface area contributed by atoms with Gasteiger partial charge in [-0.3, -0.25) is 0 Å². The third-order valence-electron chi connectivity index (χ3n) is 3.61. The van der Waals surface area contributed by atoms with Crippen LogP contribution in [0.3, 0.4) is 0 Å². The number of benzene rings is 1. The molecular weight excluding hydrogens is 218 g/mol. The first kappa shape index (κ1) is 15.2. The molecule has 0 aromatic heterocycles. The highest BCUT2D eigenvalue weighted by molar-refractivity contribution is 5.33. The van der Waals surface area contributed by atoms with Gasteiger partial charge in [0, 0.05) is 6.04 Å². The van der Waals surface area contributed by atoms with Gasteiger partial charge in [-0.1, -0.05) is 63.3 Å². The van der Waals surface area contributed by atoms with Crippen molar-refractivity contribution >= 4 is 0 Å². The number of aryl methyl sites for hydroxylation is 2. The molecule has 102 valence electrons. The van der Waals surface area contributed by atoms with E-state index >= 15 is 0 Å². The topological polar surface area (TPSA) is 12.0 Å². The highest BCUT2D eigenvalue weighted by atomic mass is 14.9. The van der Waals surface area contributed by atoms with Gasteiger partial charge in [0.15, 0.2) is 0 Å². The molecule has 0 saturated carbocycles. The number of hydrogen-bond donors (Lipinski definition) is 1. The van der Waals surface area contributed by atoms with Crippen molar-refractivity contribution in [2.24, 2.45) is 0 Å². The van der Waals surface area contributed by atoms with E-state index in [0.29, 0.717) is 6.04 Å². The van der Waals surface area contributed by atoms with Gasteiger partial charge in [0.25, 0.3) is 0 Å². The smallest absolute Gasteiger partial charge is 0.0322 e. The first-order chi connectivity index (χ1) is 8.69. The van der Waals surface area contributed by atoms with Crippen LogP contribution in [-0.2, 0) is 0 Å². The summed E-state index contributed by atoms with van der Waals surface area (Å²) in [7, 11) is 0. The average Bonchev–Trinajstić information content (AvgIpc) is 2.36. The van der Waals surface area contributed by atoms with Crippen LogP contribution in [0.4, 0.5) is 0 Å². The molecule has 1 unspecified atom stereocenters. The molecule has 0 spiro atoms. The summed E-state index contributed by atoms with van der Waals surface area (Å²) < 4.78 is 0. The van der Waals surface area contributed by atoms with Crippen molar-refractivity contribution in [2.45, 2.75) is 65.8 Å². The summed E-state index contributed by atoms with van der Waals surface area (Å²) in [4.78, 5) is 0. The summed E-state index contributed by atoms with van der Waals surface area (Å²) in [6.07, 6.45) is 6.64. The van der Waals surface area contributed by atoms with Gasteiger partial charge in [-0.05, 0) is 37.9 Å². The molecule has 0 aliphatic carbocycles. The van der Waals surface area contributed by atoms with E-state index in [1.54, 1.807) is 0 Å². The zero-order valence-electron chi connectivity index (χ0n) is 12.6. The van der Waals surface area contributed by atoms with Gasteiger partial charge in [0.1, 0.15) is 0 Å². The Balaban J connectivity index is 2.67. The first-order valence-corrected chi connectivity index (χ1v) is 7.49. The molecule has 0 aliphatic rings. The molecule has 0 saturated heterocycles. The Morgan fingerprint density at radius 2 is 1.83 bits per heavy atom. The van der Waals surface area contributed by atoms with Crippen molar-refractivity contribution in [3.63, 3.8) is 0 Å². The van der Waals surface area contributed by atoms with Crippen LogP contribution in [0.15, 0.2) is 18.2 Å². The van der Waals surface area contributed by atoms with Crippen LogP contribution < -0.4 is 5.32 Å². The zero-order chi connectivity index (χ0) is 13.4. The van der Waals surface area contributed by atoms with Crippen molar-refractivity contribution in [1.29, 1.82) is 0 Å². The van der Waals surface area contributed by atoms with E-state index in [9.17, 15) is 0 Å². The molecule has 1 N–H and O–H groups in total. The molecule has 1 aromatic rings. The molecule has 1 nitrogen and oxygen atoms in total. The average molecular weight is 247 g/mol. The lowest BCUT2D eigenvalue weighted by Gasteiger charge is -2.21. The van der Waals surface area contributed by atoms with E-state index < -0.39 is 0 Å². The van der Waals surface area contributed by atoms with E-state index in [0.717, 1.165) is 6.54 Å². The molecule has 18 heavy (non-hydrogen) atoms. The Morgan fingerprint density at radius 3 is 2.50 bits per heavy atom. The molecule has 1 atom stereocenters. The highest BCUT2D eigenvalue weighted by Crippen LogP contribution is 2.24. The maximum Gasteiger partial charge on any atom is 0.0322 e. The van der Waals surface area contributed by atoms with Crippen molar-refractivity contribution in [3.05, 3.63) is 34.9 Å². The predicted molar refractivity (Wildman–Crippen MR) is 81.1 cm³/mol. The third-order valence-corrected chi connectivity index (χ3v) is 3.61. The third kappa shape index (κ3) is 4.81. The van der Waals surface area contributed by atoms with E-state index in [1.807, 2.05) is 0 Å². The lowest BCUT2D eigenvalue weighted by atomic mass is 9.94. The molecular formula is C17H29N. The number of unbranched alkanes of at least 4 members (excludes halogenated alkanes) is 3. The molecule has 1 heteroatoms. The van der Waals surface area contributed by atoms with Crippen LogP contribution in [0.25, 0.3) is 0 Å². The fourth-order valence-electron chi connectivity index (χ4n) is 2.52. The second-order valence-electron chi connectivity index (χ2n) is 5.32. The van der Waals surface area contributed by atoms with Crippen LogP contribution in [-0.4, -0.2) is 6.54 Å². The minimum atomic E-state index is 0.534. The maximum atomic E-state index is 3.64. The molecule has 0 aliphatic heterocycles. The van der Waals surface area contributed by atoms with Gasteiger partial charge in [0.05, 0.1) is 0 Å². The largest absolute Gasteiger partial charge is 0.310 e. The molecule has 1 rings (SSSR count). The lowest BCUT2D eigenvalue weighted by Crippen LogP contribution is -2.21. The van der Waals surface area contributed by atoms with Gasteiger partial charge in [-0.25, -0.2) is 0 Å². The molecule has 0 bridgehead atoms. The SMILES string of the molecule is CCCCCCC(NCC)c1cc(C)ccc1C. The molecule has 1 aromatic carbocycles. The summed E-state index contributed by atoms with van der Waals surface area (Å²) >= 11 is 0. The van der Waals surface area contributed by atoms with Crippen LogP contribution in [0.2, 0.25) is 0 Å². The monoisotopic (exact) mass is 247 g/mol. The fourth-order valence-corrected chi connectivity index (χ4v) is 2.52. The molecule has 0 fully saturated rings. The summed E-state index contributed by atoms with van der Waals surface area (Å²) in [6.45, 7) is 9.93. The Bertz CT molecular complexity index is 343. The van der Waals surface area contributed by atoms with Crippen LogP contribution in [0, 0.1) is 13.8 Å². The van der Waals surface area contributed by atoms with Crippen molar-refractivity contribution in [2.75, 3.05) is 6.54 Å². The summed E-state index contributed by atoms with van der Waals surface area (Å²) in [5.41, 5.74) is 4.28. The van der Waals surface area contributed by atoms with Gasteiger partial charge in [-0.2, -0.15) is 0 Å². The quantitative estimate of drug-likeness (QED) is 0.643. The molecule has 0 heterocycles. The summed E-state index contributed by atoms with van der Waals surface area (Å²) in [5.74, 6) is 0. The van der Waals surface area contributed by atoms with E-state index in [-0.39, 0.29) is 0 Å². The predicted octanol–water partition coefficient (Wildman–Crippen LogP) is 4.92. The zero-order valence-corrected chi connectivity index (χ0v) is 12.6. The highest BCUT2D eigenvalue weighted by Gasteiger charge is 2.12. The van der Waals surface area contributed by atoms with Crippen LogP contribution in [0.5, 0.6) is 0 Å². The fraction of sp³-hybridized carbons (Fsp3) is 0.647. The van der Waals surface area contributed by atoms with E-state index in [2.05, 4.69) is 51.2 Å². The Hall–Kier alpha value is -0.820. The number of rotatable bonds is 8. The molecule has 0 radical (unpaired) electrons. The summed E-state index contributed by atoms with van der Waals surface area (Å²) in [6, 6.07) is 7.34. The normalized spacial score (nSPS) is 12.7. The van der Waals surface area contributed by atoms with Gasteiger partial charge in [0.2, 0.25) is 0 Å². The van der Waals surface area contributed by atoms with Gasteiger partial charge in [-0.15, -0.1) is 0 Å². The number of nitrogens with one attached hydrogen (secondary N) is 1. The second-order valence-corrected chi connectivity index (χ2v) is 5.32. The minimum absolute atomic E-state index is 0.534. The lowest BCUT2D eigenvalue weighted by molar-refractivity contribution is 0.480. The molecule has 0 amide bonds. The minimum Gasteiger partial charge on any atom is -0.310 e.